The Morgan fingerprint density at radius 2 is 2.33 bits per heavy atom. The molecule has 1 heterocycles. The van der Waals surface area contributed by atoms with Crippen LogP contribution in [0.4, 0.5) is 4.79 Å². The predicted octanol–water partition coefficient (Wildman–Crippen LogP) is 1.54. The number of nitrogens with zero attached hydrogens (tertiary/aromatic N) is 1. The highest BCUT2D eigenvalue weighted by atomic mass is 16.4. The van der Waals surface area contributed by atoms with Crippen molar-refractivity contribution in [1.29, 1.82) is 0 Å². The number of aryl methyl sites for hydroxylation is 1. The lowest BCUT2D eigenvalue weighted by atomic mass is 10.1. The Hall–Kier alpha value is -2.04. The molecule has 1 fully saturated rings. The molecule has 1 aliphatic heterocycles. The summed E-state index contributed by atoms with van der Waals surface area (Å²) in [4.78, 5) is 23.7. The third kappa shape index (κ3) is 2.80. The highest BCUT2D eigenvalue weighted by Crippen LogP contribution is 2.21. The van der Waals surface area contributed by atoms with E-state index in [0.717, 1.165) is 11.1 Å². The topological polar surface area (TPSA) is 69.6 Å². The van der Waals surface area contributed by atoms with Crippen molar-refractivity contribution >= 4 is 12.0 Å². The van der Waals surface area contributed by atoms with Crippen LogP contribution in [0.15, 0.2) is 24.3 Å². The molecule has 5 nitrogen and oxygen atoms in total. The summed E-state index contributed by atoms with van der Waals surface area (Å²) < 4.78 is 0. The summed E-state index contributed by atoms with van der Waals surface area (Å²) >= 11 is 0. The van der Waals surface area contributed by atoms with Gasteiger partial charge < -0.3 is 15.3 Å². The summed E-state index contributed by atoms with van der Waals surface area (Å²) in [6.07, 6.45) is -0.0199. The molecule has 0 spiro atoms. The lowest BCUT2D eigenvalue weighted by Crippen LogP contribution is -2.30. The minimum atomic E-state index is -0.887. The van der Waals surface area contributed by atoms with E-state index in [9.17, 15) is 9.59 Å². The molecule has 18 heavy (non-hydrogen) atoms. The van der Waals surface area contributed by atoms with Gasteiger partial charge in [-0.15, -0.1) is 0 Å². The minimum Gasteiger partial charge on any atom is -0.481 e. The molecular weight excluding hydrogens is 232 g/mol. The monoisotopic (exact) mass is 248 g/mol. The molecule has 2 rings (SSSR count). The summed E-state index contributed by atoms with van der Waals surface area (Å²) in [5.74, 6) is -0.887. The van der Waals surface area contributed by atoms with Gasteiger partial charge in [-0.1, -0.05) is 29.8 Å². The first-order valence-corrected chi connectivity index (χ1v) is 5.90. The van der Waals surface area contributed by atoms with Crippen LogP contribution in [0.3, 0.4) is 0 Å². The molecule has 1 aromatic carbocycles. The van der Waals surface area contributed by atoms with Crippen molar-refractivity contribution in [2.24, 2.45) is 0 Å². The lowest BCUT2D eigenvalue weighted by molar-refractivity contribution is -0.137. The SMILES string of the molecule is Cc1cccc(C2CN(CCC(=O)O)C(=O)N2)c1. The van der Waals surface area contributed by atoms with Gasteiger partial charge in [-0.3, -0.25) is 4.79 Å². The van der Waals surface area contributed by atoms with Crippen LogP contribution in [0.2, 0.25) is 0 Å². The maximum Gasteiger partial charge on any atom is 0.318 e. The first-order valence-electron chi connectivity index (χ1n) is 5.90. The fourth-order valence-electron chi connectivity index (χ4n) is 2.09. The fourth-order valence-corrected chi connectivity index (χ4v) is 2.09. The number of hydrogen-bond acceptors (Lipinski definition) is 2. The summed E-state index contributed by atoms with van der Waals surface area (Å²) in [6.45, 7) is 2.78. The van der Waals surface area contributed by atoms with Crippen LogP contribution >= 0.6 is 0 Å². The molecular formula is C13H16N2O3. The van der Waals surface area contributed by atoms with Gasteiger partial charge in [0.15, 0.2) is 0 Å². The summed E-state index contributed by atoms with van der Waals surface area (Å²) in [5, 5.41) is 11.5. The van der Waals surface area contributed by atoms with E-state index in [4.69, 9.17) is 5.11 Å². The van der Waals surface area contributed by atoms with Gasteiger partial charge in [0.25, 0.3) is 0 Å². The molecule has 0 saturated carbocycles. The molecule has 1 aromatic rings. The van der Waals surface area contributed by atoms with E-state index in [1.807, 2.05) is 31.2 Å². The van der Waals surface area contributed by atoms with Crippen LogP contribution in [0, 0.1) is 6.92 Å². The summed E-state index contributed by atoms with van der Waals surface area (Å²) in [6, 6.07) is 7.72. The average Bonchev–Trinajstić information content (AvgIpc) is 2.68. The zero-order chi connectivity index (χ0) is 13.1. The lowest BCUT2D eigenvalue weighted by Gasteiger charge is -2.13. The fraction of sp³-hybridized carbons (Fsp3) is 0.385. The minimum absolute atomic E-state index is 0.0199. The Bertz CT molecular complexity index is 473. The second kappa shape index (κ2) is 5.08. The highest BCUT2D eigenvalue weighted by molar-refractivity contribution is 5.78. The smallest absolute Gasteiger partial charge is 0.318 e. The van der Waals surface area contributed by atoms with Gasteiger partial charge in [-0.05, 0) is 12.5 Å². The van der Waals surface area contributed by atoms with Crippen LogP contribution in [-0.4, -0.2) is 35.1 Å². The van der Waals surface area contributed by atoms with Gasteiger partial charge in [-0.25, -0.2) is 4.79 Å². The van der Waals surface area contributed by atoms with Gasteiger partial charge in [0.2, 0.25) is 0 Å². The third-order valence-corrected chi connectivity index (χ3v) is 3.03. The number of carboxylic acids is 1. The Labute approximate surface area is 105 Å². The van der Waals surface area contributed by atoms with Crippen molar-refractivity contribution in [2.75, 3.05) is 13.1 Å². The highest BCUT2D eigenvalue weighted by Gasteiger charge is 2.29. The van der Waals surface area contributed by atoms with E-state index < -0.39 is 5.97 Å². The number of carbonyl (C=O) groups is 2. The molecule has 1 saturated heterocycles. The summed E-state index contributed by atoms with van der Waals surface area (Å²) in [7, 11) is 0. The van der Waals surface area contributed by atoms with Gasteiger partial charge >= 0.3 is 12.0 Å². The largest absolute Gasteiger partial charge is 0.481 e. The van der Waals surface area contributed by atoms with Gasteiger partial charge in [0.1, 0.15) is 0 Å². The van der Waals surface area contributed by atoms with Crippen LogP contribution in [-0.2, 0) is 4.79 Å². The van der Waals surface area contributed by atoms with Gasteiger partial charge in [0.05, 0.1) is 12.5 Å². The van der Waals surface area contributed by atoms with Crippen molar-refractivity contribution in [3.63, 3.8) is 0 Å². The number of urea groups is 1. The molecule has 2 N–H and O–H groups in total. The maximum absolute atomic E-state index is 11.7. The third-order valence-electron chi connectivity index (χ3n) is 3.03. The number of aliphatic carboxylic acids is 1. The number of nitrogens with one attached hydrogen (secondary N) is 1. The van der Waals surface area contributed by atoms with Crippen molar-refractivity contribution < 1.29 is 14.7 Å². The molecule has 96 valence electrons. The molecule has 0 aromatic heterocycles. The van der Waals surface area contributed by atoms with Crippen molar-refractivity contribution in [3.05, 3.63) is 35.4 Å². The molecule has 0 aliphatic carbocycles. The molecule has 1 unspecified atom stereocenters. The number of benzene rings is 1. The maximum atomic E-state index is 11.7. The Morgan fingerprint density at radius 3 is 3.00 bits per heavy atom. The number of rotatable bonds is 4. The second-order valence-corrected chi connectivity index (χ2v) is 4.51. The standard InChI is InChI=1S/C13H16N2O3/c1-9-3-2-4-10(7-9)11-8-15(13(18)14-11)6-5-12(16)17/h2-4,7,11H,5-6,8H2,1H3,(H,14,18)(H,16,17). The van der Waals surface area contributed by atoms with Crippen molar-refractivity contribution in [1.82, 2.24) is 10.2 Å². The Kier molecular flexibility index (Phi) is 3.50. The quantitative estimate of drug-likeness (QED) is 0.849. The van der Waals surface area contributed by atoms with Gasteiger partial charge in [-0.2, -0.15) is 0 Å². The van der Waals surface area contributed by atoms with Crippen LogP contribution in [0.25, 0.3) is 0 Å². The van der Waals surface area contributed by atoms with E-state index in [0.29, 0.717) is 6.54 Å². The van der Waals surface area contributed by atoms with Crippen LogP contribution in [0.1, 0.15) is 23.6 Å². The molecule has 0 bridgehead atoms. The predicted molar refractivity (Wildman–Crippen MR) is 66.3 cm³/mol. The summed E-state index contributed by atoms with van der Waals surface area (Å²) in [5.41, 5.74) is 2.20. The van der Waals surface area contributed by atoms with Crippen molar-refractivity contribution in [3.8, 4) is 0 Å². The van der Waals surface area contributed by atoms with E-state index >= 15 is 0 Å². The number of amides is 2. The second-order valence-electron chi connectivity index (χ2n) is 4.51. The zero-order valence-electron chi connectivity index (χ0n) is 10.2. The first kappa shape index (κ1) is 12.4. The van der Waals surface area contributed by atoms with E-state index in [1.54, 1.807) is 4.90 Å². The number of carbonyl (C=O) groups excluding carboxylic acids is 1. The molecule has 0 radical (unpaired) electrons. The first-order chi connectivity index (χ1) is 8.56. The molecule has 2 amide bonds. The van der Waals surface area contributed by atoms with E-state index in [2.05, 4.69) is 5.32 Å². The van der Waals surface area contributed by atoms with Crippen LogP contribution in [0.5, 0.6) is 0 Å². The van der Waals surface area contributed by atoms with Crippen molar-refractivity contribution in [2.45, 2.75) is 19.4 Å². The average molecular weight is 248 g/mol. The van der Waals surface area contributed by atoms with E-state index in [1.165, 1.54) is 0 Å². The van der Waals surface area contributed by atoms with Crippen LogP contribution < -0.4 is 5.32 Å². The molecule has 1 atom stereocenters. The Morgan fingerprint density at radius 1 is 1.56 bits per heavy atom. The number of hydrogen-bond donors (Lipinski definition) is 2. The number of carboxylic acid groups (broad SMARTS) is 1. The molecule has 5 heteroatoms. The normalized spacial score (nSPS) is 18.8. The molecule has 1 aliphatic rings. The van der Waals surface area contributed by atoms with Gasteiger partial charge in [0, 0.05) is 13.1 Å². The Balaban J connectivity index is 2.02. The van der Waals surface area contributed by atoms with E-state index in [-0.39, 0.29) is 25.0 Å². The zero-order valence-corrected chi connectivity index (χ0v) is 10.2.